The molecule has 4 heteroatoms. The first-order valence-corrected chi connectivity index (χ1v) is 1.55. The molecule has 0 radical (unpaired) electrons. The molecule has 2 N–H and O–H groups in total. The van der Waals surface area contributed by atoms with Crippen LogP contribution in [0.2, 0.25) is 0 Å². The fourth-order valence-electron chi connectivity index (χ4n) is 0. The van der Waals surface area contributed by atoms with Gasteiger partial charge in [-0.25, -0.2) is 4.79 Å². The minimum Gasteiger partial charge on any atom is -0.479 e. The quantitative estimate of drug-likeness (QED) is 0.360. The van der Waals surface area contributed by atoms with Crippen molar-refractivity contribution in [2.24, 2.45) is 0 Å². The summed E-state index contributed by atoms with van der Waals surface area (Å²) in [6.07, 6.45) is -1.23. The van der Waals surface area contributed by atoms with E-state index in [2.05, 4.69) is 0 Å². The van der Waals surface area contributed by atoms with E-state index in [1.807, 2.05) is 0 Å². The van der Waals surface area contributed by atoms with E-state index >= 15 is 0 Å². The topological polar surface area (TPSA) is 57.5 Å². The summed E-state index contributed by atoms with van der Waals surface area (Å²) in [6, 6.07) is 0. The van der Waals surface area contributed by atoms with E-state index in [1.54, 1.807) is 0 Å². The standard InChI is InChI=1S/C3H6O3.K/c1-2(4)3(5)6;/h2,4H,1H3,(H,5,6);/q;+1. The predicted molar refractivity (Wildman–Crippen MR) is 19.3 cm³/mol. The van der Waals surface area contributed by atoms with Crippen LogP contribution in [0.3, 0.4) is 0 Å². The summed E-state index contributed by atoms with van der Waals surface area (Å²) in [4.78, 5) is 9.45. The fourth-order valence-corrected chi connectivity index (χ4v) is 0. The second-order valence-electron chi connectivity index (χ2n) is 1.01. The average Bonchev–Trinajstić information content (AvgIpc) is 1.36. The zero-order chi connectivity index (χ0) is 5.15. The van der Waals surface area contributed by atoms with Gasteiger partial charge in [-0.3, -0.25) is 0 Å². The number of aliphatic carboxylic acids is 1. The maximum Gasteiger partial charge on any atom is 1.00 e. The first-order valence-electron chi connectivity index (χ1n) is 1.55. The normalized spacial score (nSPS) is 11.7. The summed E-state index contributed by atoms with van der Waals surface area (Å²) in [7, 11) is 0. The van der Waals surface area contributed by atoms with Crippen molar-refractivity contribution in [3.63, 3.8) is 0 Å². The largest absolute Gasteiger partial charge is 1.00 e. The van der Waals surface area contributed by atoms with Gasteiger partial charge in [0.1, 0.15) is 6.10 Å². The molecule has 0 fully saturated rings. The van der Waals surface area contributed by atoms with Crippen molar-refractivity contribution in [2.45, 2.75) is 13.0 Å². The van der Waals surface area contributed by atoms with Crippen LogP contribution < -0.4 is 51.4 Å². The monoisotopic (exact) mass is 129 g/mol. The zero-order valence-corrected chi connectivity index (χ0v) is 7.50. The van der Waals surface area contributed by atoms with Crippen LogP contribution in [0.5, 0.6) is 0 Å². The van der Waals surface area contributed by atoms with E-state index in [1.165, 1.54) is 6.92 Å². The van der Waals surface area contributed by atoms with E-state index in [-0.39, 0.29) is 51.4 Å². The van der Waals surface area contributed by atoms with Crippen LogP contribution in [-0.4, -0.2) is 22.3 Å². The Bertz CT molecular complexity index is 61.2. The van der Waals surface area contributed by atoms with Crippen molar-refractivity contribution in [1.82, 2.24) is 0 Å². The molecule has 0 aromatic heterocycles. The van der Waals surface area contributed by atoms with Crippen LogP contribution in [0, 0.1) is 0 Å². The van der Waals surface area contributed by atoms with Crippen LogP contribution in [0.4, 0.5) is 0 Å². The fraction of sp³-hybridized carbons (Fsp3) is 0.667. The number of carbonyl (C=O) groups is 1. The van der Waals surface area contributed by atoms with Crippen molar-refractivity contribution < 1.29 is 66.4 Å². The Morgan fingerprint density at radius 3 is 1.86 bits per heavy atom. The Hall–Kier alpha value is 1.07. The van der Waals surface area contributed by atoms with Gasteiger partial charge in [-0.15, -0.1) is 0 Å². The number of carboxylic acid groups (broad SMARTS) is 1. The van der Waals surface area contributed by atoms with E-state index in [9.17, 15) is 4.79 Å². The number of hydrogen-bond donors (Lipinski definition) is 2. The molecule has 0 amide bonds. The SMILES string of the molecule is CC(O)C(=O)O.[K+]. The Morgan fingerprint density at radius 1 is 1.71 bits per heavy atom. The summed E-state index contributed by atoms with van der Waals surface area (Å²) in [5.41, 5.74) is 0. The average molecular weight is 129 g/mol. The van der Waals surface area contributed by atoms with Crippen molar-refractivity contribution >= 4 is 5.97 Å². The Balaban J connectivity index is 0. The molecular weight excluding hydrogens is 123 g/mol. The molecule has 0 aromatic rings. The molecule has 0 rings (SSSR count). The van der Waals surface area contributed by atoms with Gasteiger partial charge in [-0.1, -0.05) is 0 Å². The molecule has 7 heavy (non-hydrogen) atoms. The molecule has 0 bridgehead atoms. The van der Waals surface area contributed by atoms with Crippen LogP contribution in [0.1, 0.15) is 6.92 Å². The smallest absolute Gasteiger partial charge is 0.479 e. The van der Waals surface area contributed by atoms with E-state index in [0.29, 0.717) is 0 Å². The second-order valence-corrected chi connectivity index (χ2v) is 1.01. The molecule has 0 saturated carbocycles. The van der Waals surface area contributed by atoms with Gasteiger partial charge in [0.25, 0.3) is 0 Å². The molecule has 3 nitrogen and oxygen atoms in total. The molecule has 0 heterocycles. The Morgan fingerprint density at radius 2 is 1.86 bits per heavy atom. The Kier molecular flexibility index (Phi) is 8.14. The number of hydrogen-bond acceptors (Lipinski definition) is 2. The van der Waals surface area contributed by atoms with E-state index in [0.717, 1.165) is 0 Å². The summed E-state index contributed by atoms with van der Waals surface area (Å²) < 4.78 is 0. The summed E-state index contributed by atoms with van der Waals surface area (Å²) >= 11 is 0. The van der Waals surface area contributed by atoms with Crippen LogP contribution in [0.15, 0.2) is 0 Å². The molecular formula is C3H6KO3+. The van der Waals surface area contributed by atoms with Gasteiger partial charge in [0, 0.05) is 0 Å². The predicted octanol–water partition coefficient (Wildman–Crippen LogP) is -3.54. The van der Waals surface area contributed by atoms with Crippen molar-refractivity contribution in [3.8, 4) is 0 Å². The molecule has 0 spiro atoms. The third kappa shape index (κ3) is 7.07. The van der Waals surface area contributed by atoms with Gasteiger partial charge in [-0.05, 0) is 6.92 Å². The molecule has 36 valence electrons. The molecule has 0 aliphatic heterocycles. The van der Waals surface area contributed by atoms with E-state index < -0.39 is 12.1 Å². The first kappa shape index (κ1) is 10.9. The molecule has 0 aromatic carbocycles. The van der Waals surface area contributed by atoms with Crippen LogP contribution >= 0.6 is 0 Å². The van der Waals surface area contributed by atoms with Gasteiger partial charge in [-0.2, -0.15) is 0 Å². The summed E-state index contributed by atoms with van der Waals surface area (Å²) in [5, 5.41) is 15.8. The molecule has 0 aliphatic rings. The maximum absolute atomic E-state index is 9.45. The molecule has 0 aliphatic carbocycles. The van der Waals surface area contributed by atoms with Gasteiger partial charge in [0.15, 0.2) is 0 Å². The molecule has 1 atom stereocenters. The number of aliphatic hydroxyl groups is 1. The summed E-state index contributed by atoms with van der Waals surface area (Å²) in [5.74, 6) is -1.19. The van der Waals surface area contributed by atoms with Crippen molar-refractivity contribution in [1.29, 1.82) is 0 Å². The molecule has 0 saturated heterocycles. The van der Waals surface area contributed by atoms with Crippen molar-refractivity contribution in [3.05, 3.63) is 0 Å². The number of aliphatic hydroxyl groups excluding tert-OH is 1. The minimum absolute atomic E-state index is 0. The van der Waals surface area contributed by atoms with Crippen LogP contribution in [-0.2, 0) is 4.79 Å². The Labute approximate surface area is 84.1 Å². The zero-order valence-electron chi connectivity index (χ0n) is 4.38. The number of carboxylic acids is 1. The third-order valence-corrected chi connectivity index (χ3v) is 0.357. The molecule has 1 unspecified atom stereocenters. The van der Waals surface area contributed by atoms with Crippen LogP contribution in [0.25, 0.3) is 0 Å². The van der Waals surface area contributed by atoms with Gasteiger partial charge >= 0.3 is 57.4 Å². The first-order chi connectivity index (χ1) is 2.64. The third-order valence-electron chi connectivity index (χ3n) is 0.357. The second kappa shape index (κ2) is 5.21. The minimum atomic E-state index is -1.23. The summed E-state index contributed by atoms with van der Waals surface area (Å²) in [6.45, 7) is 1.20. The number of rotatable bonds is 1. The van der Waals surface area contributed by atoms with Gasteiger partial charge in [0.2, 0.25) is 0 Å². The van der Waals surface area contributed by atoms with E-state index in [4.69, 9.17) is 10.2 Å². The maximum atomic E-state index is 9.45. The van der Waals surface area contributed by atoms with Gasteiger partial charge < -0.3 is 10.2 Å². The van der Waals surface area contributed by atoms with Gasteiger partial charge in [0.05, 0.1) is 0 Å². The van der Waals surface area contributed by atoms with Crippen molar-refractivity contribution in [2.75, 3.05) is 0 Å².